The molecule has 1 aromatic heterocycles. The van der Waals surface area contributed by atoms with Crippen LogP contribution in [0.25, 0.3) is 11.3 Å². The van der Waals surface area contributed by atoms with Crippen LogP contribution in [-0.2, 0) is 0 Å². The van der Waals surface area contributed by atoms with E-state index < -0.39 is 0 Å². The maximum Gasteiger partial charge on any atom is 0.183 e. The summed E-state index contributed by atoms with van der Waals surface area (Å²) in [6, 6.07) is 6.49. The quantitative estimate of drug-likeness (QED) is 0.851. The number of thiazole rings is 1. The van der Waals surface area contributed by atoms with Crippen LogP contribution in [0.2, 0.25) is 0 Å². The summed E-state index contributed by atoms with van der Waals surface area (Å²) < 4.78 is 0. The van der Waals surface area contributed by atoms with Crippen molar-refractivity contribution in [1.29, 1.82) is 0 Å². The number of hydrogen-bond acceptors (Lipinski definition) is 3. The van der Waals surface area contributed by atoms with Crippen molar-refractivity contribution in [2.24, 2.45) is 0 Å². The van der Waals surface area contributed by atoms with Gasteiger partial charge in [0, 0.05) is 16.5 Å². The van der Waals surface area contributed by atoms with Crippen molar-refractivity contribution in [3.63, 3.8) is 0 Å². The van der Waals surface area contributed by atoms with Gasteiger partial charge < -0.3 is 5.32 Å². The van der Waals surface area contributed by atoms with Crippen LogP contribution in [0.1, 0.15) is 31.9 Å². The lowest BCUT2D eigenvalue weighted by atomic mass is 10.0. The van der Waals surface area contributed by atoms with Crippen molar-refractivity contribution in [3.05, 3.63) is 34.7 Å². The molecule has 0 aliphatic heterocycles. The lowest BCUT2D eigenvalue weighted by Gasteiger charge is -2.19. The van der Waals surface area contributed by atoms with Crippen molar-refractivity contribution in [1.82, 2.24) is 4.98 Å². The normalized spacial score (nSPS) is 11.6. The summed E-state index contributed by atoms with van der Waals surface area (Å²) in [6.07, 6.45) is 0. The number of hydrogen-bond donors (Lipinski definition) is 1. The van der Waals surface area contributed by atoms with Gasteiger partial charge in [-0.05, 0) is 46.2 Å². The second kappa shape index (κ2) is 4.73. The Hall–Kier alpha value is -1.35. The molecule has 0 bridgehead atoms. The molecule has 0 amide bonds. The zero-order valence-corrected chi connectivity index (χ0v) is 12.5. The third-order valence-electron chi connectivity index (χ3n) is 2.66. The first-order chi connectivity index (χ1) is 8.35. The first-order valence-corrected chi connectivity index (χ1v) is 7.04. The van der Waals surface area contributed by atoms with Crippen molar-refractivity contribution in [2.75, 3.05) is 5.32 Å². The molecule has 0 spiro atoms. The number of aryl methyl sites for hydroxylation is 2. The van der Waals surface area contributed by atoms with Gasteiger partial charge in [0.2, 0.25) is 0 Å². The summed E-state index contributed by atoms with van der Waals surface area (Å²) >= 11 is 1.66. The van der Waals surface area contributed by atoms with Crippen molar-refractivity contribution >= 4 is 16.5 Å². The van der Waals surface area contributed by atoms with E-state index in [1.54, 1.807) is 11.3 Å². The minimum Gasteiger partial charge on any atom is -0.357 e. The van der Waals surface area contributed by atoms with Crippen molar-refractivity contribution < 1.29 is 0 Å². The summed E-state index contributed by atoms with van der Waals surface area (Å²) in [5.41, 5.74) is 4.89. The standard InChI is InChI=1S/C15H20N2S/c1-10-6-7-11(2)12(8-10)13-9-18-14(16-13)17-15(3,4)5/h6-9H,1-5H3,(H,16,17). The first kappa shape index (κ1) is 13.1. The predicted octanol–water partition coefficient (Wildman–Crippen LogP) is 4.64. The lowest BCUT2D eigenvalue weighted by molar-refractivity contribution is 0.633. The predicted molar refractivity (Wildman–Crippen MR) is 80.4 cm³/mol. The van der Waals surface area contributed by atoms with Crippen LogP contribution in [0.15, 0.2) is 23.6 Å². The fraction of sp³-hybridized carbons (Fsp3) is 0.400. The van der Waals surface area contributed by atoms with E-state index in [4.69, 9.17) is 0 Å². The molecule has 0 saturated carbocycles. The smallest absolute Gasteiger partial charge is 0.183 e. The van der Waals surface area contributed by atoms with Gasteiger partial charge in [-0.1, -0.05) is 17.7 Å². The number of aromatic nitrogens is 1. The Labute approximate surface area is 113 Å². The van der Waals surface area contributed by atoms with Gasteiger partial charge in [0.25, 0.3) is 0 Å². The molecule has 1 aromatic carbocycles. The Balaban J connectivity index is 2.32. The van der Waals surface area contributed by atoms with E-state index in [0.717, 1.165) is 10.8 Å². The third kappa shape index (κ3) is 3.10. The van der Waals surface area contributed by atoms with Gasteiger partial charge in [-0.25, -0.2) is 4.98 Å². The van der Waals surface area contributed by atoms with Crippen LogP contribution >= 0.6 is 11.3 Å². The summed E-state index contributed by atoms with van der Waals surface area (Å²) in [6.45, 7) is 10.7. The van der Waals surface area contributed by atoms with Crippen LogP contribution < -0.4 is 5.32 Å². The molecule has 0 saturated heterocycles. The van der Waals surface area contributed by atoms with Gasteiger partial charge in [-0.3, -0.25) is 0 Å². The highest BCUT2D eigenvalue weighted by atomic mass is 32.1. The molecule has 0 atom stereocenters. The largest absolute Gasteiger partial charge is 0.357 e. The molecule has 0 aliphatic carbocycles. The van der Waals surface area contributed by atoms with E-state index >= 15 is 0 Å². The van der Waals surface area contributed by atoms with Gasteiger partial charge in [0.15, 0.2) is 5.13 Å². The molecule has 2 rings (SSSR count). The molecule has 0 fully saturated rings. The highest BCUT2D eigenvalue weighted by molar-refractivity contribution is 7.14. The molecule has 2 aromatic rings. The molecular weight excluding hydrogens is 240 g/mol. The maximum absolute atomic E-state index is 4.68. The second-order valence-corrected chi connectivity index (χ2v) is 6.59. The number of anilines is 1. The van der Waals surface area contributed by atoms with E-state index in [9.17, 15) is 0 Å². The molecule has 0 aliphatic rings. The van der Waals surface area contributed by atoms with Gasteiger partial charge in [-0.2, -0.15) is 0 Å². The second-order valence-electron chi connectivity index (χ2n) is 5.73. The first-order valence-electron chi connectivity index (χ1n) is 6.16. The molecule has 1 N–H and O–H groups in total. The SMILES string of the molecule is Cc1ccc(C)c(-c2csc(NC(C)(C)C)n2)c1. The minimum absolute atomic E-state index is 0.0524. The minimum atomic E-state index is 0.0524. The van der Waals surface area contributed by atoms with E-state index in [2.05, 4.69) is 68.5 Å². The summed E-state index contributed by atoms with van der Waals surface area (Å²) in [7, 11) is 0. The van der Waals surface area contributed by atoms with Crippen molar-refractivity contribution in [3.8, 4) is 11.3 Å². The summed E-state index contributed by atoms with van der Waals surface area (Å²) in [5, 5.41) is 6.52. The van der Waals surface area contributed by atoms with E-state index in [1.807, 2.05) is 0 Å². The van der Waals surface area contributed by atoms with Crippen LogP contribution in [-0.4, -0.2) is 10.5 Å². The van der Waals surface area contributed by atoms with Crippen LogP contribution in [0, 0.1) is 13.8 Å². The zero-order valence-electron chi connectivity index (χ0n) is 11.7. The summed E-state index contributed by atoms with van der Waals surface area (Å²) in [4.78, 5) is 4.68. The van der Waals surface area contributed by atoms with Crippen LogP contribution in [0.4, 0.5) is 5.13 Å². The molecule has 18 heavy (non-hydrogen) atoms. The molecule has 0 unspecified atom stereocenters. The average molecular weight is 260 g/mol. The van der Waals surface area contributed by atoms with Crippen LogP contribution in [0.5, 0.6) is 0 Å². The highest BCUT2D eigenvalue weighted by Gasteiger charge is 2.13. The van der Waals surface area contributed by atoms with E-state index in [1.165, 1.54) is 16.7 Å². The molecule has 2 nitrogen and oxygen atoms in total. The van der Waals surface area contributed by atoms with Gasteiger partial charge in [-0.15, -0.1) is 11.3 Å². The number of nitrogens with zero attached hydrogens (tertiary/aromatic N) is 1. The van der Waals surface area contributed by atoms with E-state index in [-0.39, 0.29) is 5.54 Å². The Morgan fingerprint density at radius 3 is 2.56 bits per heavy atom. The lowest BCUT2D eigenvalue weighted by Crippen LogP contribution is -2.25. The number of benzene rings is 1. The zero-order chi connectivity index (χ0) is 13.3. The Morgan fingerprint density at radius 1 is 1.17 bits per heavy atom. The van der Waals surface area contributed by atoms with E-state index in [0.29, 0.717) is 0 Å². The fourth-order valence-corrected chi connectivity index (χ4v) is 2.71. The van der Waals surface area contributed by atoms with Crippen LogP contribution in [0.3, 0.4) is 0 Å². The Morgan fingerprint density at radius 2 is 1.89 bits per heavy atom. The number of rotatable bonds is 2. The molecule has 96 valence electrons. The van der Waals surface area contributed by atoms with Gasteiger partial charge >= 0.3 is 0 Å². The molecule has 0 radical (unpaired) electrons. The van der Waals surface area contributed by atoms with Gasteiger partial charge in [0.05, 0.1) is 5.69 Å². The average Bonchev–Trinajstić information content (AvgIpc) is 2.67. The van der Waals surface area contributed by atoms with Gasteiger partial charge in [0.1, 0.15) is 0 Å². The number of nitrogens with one attached hydrogen (secondary N) is 1. The molecular formula is C15H20N2S. The third-order valence-corrected chi connectivity index (χ3v) is 3.41. The monoisotopic (exact) mass is 260 g/mol. The topological polar surface area (TPSA) is 24.9 Å². The Bertz CT molecular complexity index is 550. The fourth-order valence-electron chi connectivity index (χ4n) is 1.79. The van der Waals surface area contributed by atoms with Crippen molar-refractivity contribution in [2.45, 2.75) is 40.2 Å². The highest BCUT2D eigenvalue weighted by Crippen LogP contribution is 2.29. The Kier molecular flexibility index (Phi) is 3.44. The summed E-state index contributed by atoms with van der Waals surface area (Å²) in [5.74, 6) is 0. The maximum atomic E-state index is 4.68. The molecule has 3 heteroatoms. The molecule has 1 heterocycles.